The van der Waals surface area contributed by atoms with Gasteiger partial charge in [-0.1, -0.05) is 6.07 Å². The van der Waals surface area contributed by atoms with Crippen molar-refractivity contribution in [1.82, 2.24) is 0 Å². The van der Waals surface area contributed by atoms with Crippen molar-refractivity contribution in [3.05, 3.63) is 42.0 Å². The second-order valence-corrected chi connectivity index (χ2v) is 7.85. The van der Waals surface area contributed by atoms with Crippen molar-refractivity contribution in [2.24, 2.45) is 5.92 Å². The minimum absolute atomic E-state index is 0.0301. The average Bonchev–Trinajstić information content (AvgIpc) is 3.34. The lowest BCUT2D eigenvalue weighted by Crippen LogP contribution is -2.47. The maximum atomic E-state index is 11.6. The van der Waals surface area contributed by atoms with E-state index in [1.165, 1.54) is 14.2 Å². The van der Waals surface area contributed by atoms with E-state index >= 15 is 0 Å². The van der Waals surface area contributed by atoms with Crippen LogP contribution >= 0.6 is 0 Å². The Kier molecular flexibility index (Phi) is 7.14. The maximum absolute atomic E-state index is 11.6. The van der Waals surface area contributed by atoms with E-state index in [-0.39, 0.29) is 19.1 Å². The van der Waals surface area contributed by atoms with Crippen LogP contribution in [0.3, 0.4) is 0 Å². The highest BCUT2D eigenvalue weighted by Crippen LogP contribution is 2.51. The molecule has 2 fully saturated rings. The smallest absolute Gasteiger partial charge is 0.232 e. The van der Waals surface area contributed by atoms with Crippen molar-refractivity contribution in [3.8, 4) is 28.7 Å². The Morgan fingerprint density at radius 2 is 1.67 bits per heavy atom. The van der Waals surface area contributed by atoms with Crippen molar-refractivity contribution in [1.29, 1.82) is 0 Å². The van der Waals surface area contributed by atoms with Gasteiger partial charge in [0.15, 0.2) is 17.1 Å². The Hall–Kier alpha value is -2.72. The molecule has 33 heavy (non-hydrogen) atoms. The van der Waals surface area contributed by atoms with E-state index in [0.717, 1.165) is 5.56 Å². The van der Waals surface area contributed by atoms with Crippen LogP contribution < -0.4 is 23.7 Å². The Morgan fingerprint density at radius 1 is 0.939 bits per heavy atom. The summed E-state index contributed by atoms with van der Waals surface area (Å²) >= 11 is 0. The quantitative estimate of drug-likeness (QED) is 0.535. The average molecular weight is 462 g/mol. The second kappa shape index (κ2) is 10.0. The molecule has 4 atom stereocenters. The Morgan fingerprint density at radius 3 is 2.33 bits per heavy atom. The van der Waals surface area contributed by atoms with E-state index in [9.17, 15) is 5.11 Å². The monoisotopic (exact) mass is 462 g/mol. The van der Waals surface area contributed by atoms with Gasteiger partial charge in [-0.15, -0.1) is 0 Å². The fourth-order valence-corrected chi connectivity index (χ4v) is 4.27. The van der Waals surface area contributed by atoms with Crippen molar-refractivity contribution in [2.75, 3.05) is 54.9 Å². The first-order valence-electron chi connectivity index (χ1n) is 10.7. The van der Waals surface area contributed by atoms with Gasteiger partial charge in [0.2, 0.25) is 12.0 Å². The zero-order valence-corrected chi connectivity index (χ0v) is 19.2. The van der Waals surface area contributed by atoms with Crippen LogP contribution in [-0.4, -0.2) is 71.9 Å². The zero-order valence-electron chi connectivity index (χ0n) is 19.2. The Bertz CT molecular complexity index is 927. The molecule has 0 bridgehead atoms. The number of hydrogen-bond donors (Lipinski definition) is 1. The Balaban J connectivity index is 1.57. The molecule has 0 amide bonds. The molecule has 180 valence electrons. The van der Waals surface area contributed by atoms with Gasteiger partial charge in [-0.2, -0.15) is 0 Å². The predicted octanol–water partition coefficient (Wildman–Crippen LogP) is 2.59. The maximum Gasteiger partial charge on any atom is 0.232 e. The molecule has 0 radical (unpaired) electrons. The lowest BCUT2D eigenvalue weighted by Gasteiger charge is -2.28. The van der Waals surface area contributed by atoms with Crippen molar-refractivity contribution in [3.63, 3.8) is 0 Å². The molecule has 1 N–H and O–H groups in total. The number of para-hydroxylation sites is 1. The highest BCUT2D eigenvalue weighted by Gasteiger charge is 2.61. The first kappa shape index (κ1) is 23.4. The van der Waals surface area contributed by atoms with Crippen molar-refractivity contribution < 1.29 is 43.0 Å². The van der Waals surface area contributed by atoms with E-state index in [0.29, 0.717) is 42.0 Å². The topological polar surface area (TPSA) is 94.1 Å². The molecule has 9 nitrogen and oxygen atoms in total. The fraction of sp³-hybridized carbons (Fsp3) is 0.500. The molecule has 0 unspecified atom stereocenters. The van der Waals surface area contributed by atoms with Gasteiger partial charge in [0.05, 0.1) is 53.2 Å². The number of ether oxygens (including phenoxy) is 8. The number of rotatable bonds is 10. The van der Waals surface area contributed by atoms with Crippen LogP contribution in [0.15, 0.2) is 36.4 Å². The van der Waals surface area contributed by atoms with E-state index < -0.39 is 18.0 Å². The van der Waals surface area contributed by atoms with Crippen LogP contribution in [0.25, 0.3) is 0 Å². The largest absolute Gasteiger partial charge is 0.496 e. The number of hydrogen-bond acceptors (Lipinski definition) is 9. The molecule has 0 aliphatic carbocycles. The molecule has 9 heteroatoms. The van der Waals surface area contributed by atoms with Gasteiger partial charge in [-0.05, 0) is 30.3 Å². The number of benzene rings is 2. The van der Waals surface area contributed by atoms with Crippen LogP contribution in [-0.2, 0) is 14.2 Å². The molecular weight excluding hydrogens is 432 g/mol. The summed E-state index contributed by atoms with van der Waals surface area (Å²) in [6.45, 7) is 1.16. The summed E-state index contributed by atoms with van der Waals surface area (Å²) in [7, 11) is 6.29. The highest BCUT2D eigenvalue weighted by molar-refractivity contribution is 5.51. The lowest BCUT2D eigenvalue weighted by atomic mass is 9.85. The third kappa shape index (κ3) is 4.41. The zero-order chi connectivity index (χ0) is 23.4. The summed E-state index contributed by atoms with van der Waals surface area (Å²) < 4.78 is 45.2. The Labute approximate surface area is 193 Å². The van der Waals surface area contributed by atoms with E-state index in [1.54, 1.807) is 32.4 Å². The molecular formula is C24H30O9. The van der Waals surface area contributed by atoms with Gasteiger partial charge in [0.25, 0.3) is 0 Å². The van der Waals surface area contributed by atoms with Gasteiger partial charge >= 0.3 is 0 Å². The number of methoxy groups -OCH3 is 4. The second-order valence-electron chi connectivity index (χ2n) is 7.85. The highest BCUT2D eigenvalue weighted by atomic mass is 16.7. The summed E-state index contributed by atoms with van der Waals surface area (Å²) in [6, 6.07) is 10.8. The van der Waals surface area contributed by atoms with Crippen molar-refractivity contribution >= 4 is 0 Å². The number of aliphatic hydroxyl groups is 1. The predicted molar refractivity (Wildman–Crippen MR) is 117 cm³/mol. The molecule has 0 spiro atoms. The molecule has 2 aromatic carbocycles. The van der Waals surface area contributed by atoms with Crippen LogP contribution in [0.4, 0.5) is 0 Å². The minimum Gasteiger partial charge on any atom is -0.496 e. The minimum atomic E-state index is -1.38. The van der Waals surface area contributed by atoms with Crippen LogP contribution in [0.1, 0.15) is 11.7 Å². The molecule has 0 aromatic heterocycles. The summed E-state index contributed by atoms with van der Waals surface area (Å²) in [6.07, 6.45) is -1.44. The van der Waals surface area contributed by atoms with Gasteiger partial charge in [0.1, 0.15) is 18.1 Å². The summed E-state index contributed by atoms with van der Waals surface area (Å²) in [5.41, 5.74) is -0.610. The summed E-state index contributed by atoms with van der Waals surface area (Å²) in [4.78, 5) is 0. The summed E-state index contributed by atoms with van der Waals surface area (Å²) in [5.74, 6) is 2.22. The third-order valence-corrected chi connectivity index (χ3v) is 6.01. The molecule has 2 aliphatic heterocycles. The van der Waals surface area contributed by atoms with E-state index in [4.69, 9.17) is 37.9 Å². The molecule has 2 aliphatic rings. The molecule has 4 rings (SSSR count). The molecule has 2 aromatic rings. The fourth-order valence-electron chi connectivity index (χ4n) is 4.27. The summed E-state index contributed by atoms with van der Waals surface area (Å²) in [5, 5.41) is 11.6. The van der Waals surface area contributed by atoms with Crippen molar-refractivity contribution in [2.45, 2.75) is 18.0 Å². The van der Waals surface area contributed by atoms with Crippen LogP contribution in [0.5, 0.6) is 28.7 Å². The SMILES string of the molecule is COCCOc1ccc(OC)c([C@H]2OC[C@]3(O)[C@@H](Oc4c(OC)cccc4OC)OC[C@H]23)c1. The molecule has 0 saturated carbocycles. The van der Waals surface area contributed by atoms with Gasteiger partial charge in [-0.25, -0.2) is 0 Å². The first-order chi connectivity index (χ1) is 16.0. The van der Waals surface area contributed by atoms with E-state index in [2.05, 4.69) is 0 Å². The number of fused-ring (bicyclic) bond motifs is 1. The van der Waals surface area contributed by atoms with Crippen LogP contribution in [0.2, 0.25) is 0 Å². The standard InChI is InChI=1S/C24H30O9/c1-26-10-11-30-15-8-9-18(27-2)16(12-15)21-17-13-31-23(24(17,25)14-32-21)33-22-19(28-3)6-5-7-20(22)29-4/h5-9,12,17,21,23,25H,10-11,13-14H2,1-4H3/t17-,21-,23-,24-/m1/s1. The first-order valence-corrected chi connectivity index (χ1v) is 10.7. The van der Waals surface area contributed by atoms with Crippen LogP contribution in [0, 0.1) is 5.92 Å². The lowest BCUT2D eigenvalue weighted by molar-refractivity contribution is -0.153. The molecule has 2 heterocycles. The van der Waals surface area contributed by atoms with Gasteiger partial charge in [-0.3, -0.25) is 0 Å². The molecule has 2 saturated heterocycles. The van der Waals surface area contributed by atoms with Gasteiger partial charge < -0.3 is 43.0 Å². The normalized spacial score (nSPS) is 26.0. The third-order valence-electron chi connectivity index (χ3n) is 6.01. The van der Waals surface area contributed by atoms with E-state index in [1.807, 2.05) is 18.2 Å². The van der Waals surface area contributed by atoms with Gasteiger partial charge in [0, 0.05) is 12.7 Å².